The van der Waals surface area contributed by atoms with E-state index in [0.29, 0.717) is 21.1 Å². The van der Waals surface area contributed by atoms with Crippen molar-refractivity contribution in [2.75, 3.05) is 4.72 Å². The maximum absolute atomic E-state index is 12.4. The number of nitrogens with one attached hydrogen (secondary N) is 1. The molecule has 22 heavy (non-hydrogen) atoms. The highest BCUT2D eigenvalue weighted by molar-refractivity contribution is 9.10. The first-order chi connectivity index (χ1) is 10.5. The van der Waals surface area contributed by atoms with Gasteiger partial charge in [0.1, 0.15) is 10.5 Å². The molecule has 0 radical (unpaired) electrons. The van der Waals surface area contributed by atoms with E-state index >= 15 is 0 Å². The maximum atomic E-state index is 12.4. The Morgan fingerprint density at radius 3 is 2.55 bits per heavy atom. The van der Waals surface area contributed by atoms with Crippen molar-refractivity contribution < 1.29 is 12.8 Å². The molecule has 0 unspecified atom stereocenters. The summed E-state index contributed by atoms with van der Waals surface area (Å²) in [5.41, 5.74) is 0.336. The third kappa shape index (κ3) is 2.90. The Kier molecular flexibility index (Phi) is 3.76. The fourth-order valence-corrected chi connectivity index (χ4v) is 4.06. The molecule has 1 heterocycles. The van der Waals surface area contributed by atoms with Gasteiger partial charge in [-0.1, -0.05) is 12.1 Å². The highest BCUT2D eigenvalue weighted by Crippen LogP contribution is 2.25. The number of benzene rings is 2. The zero-order valence-electron chi connectivity index (χ0n) is 11.1. The van der Waals surface area contributed by atoms with Gasteiger partial charge in [-0.3, -0.25) is 4.72 Å². The third-order valence-electron chi connectivity index (χ3n) is 3.00. The standard InChI is InChI=1S/C15H10BrNO4S/c16-12-3-1-2-4-14(12)22(19,20)17-11-6-7-13-10(9-11)5-8-15(18)21-13/h1-9,17H. The lowest BCUT2D eigenvalue weighted by atomic mass is 10.2. The summed E-state index contributed by atoms with van der Waals surface area (Å²) in [5.74, 6) is 0. The smallest absolute Gasteiger partial charge is 0.336 e. The molecule has 112 valence electrons. The Balaban J connectivity index is 2.01. The Labute approximate surface area is 134 Å². The van der Waals surface area contributed by atoms with Gasteiger partial charge in [0.15, 0.2) is 0 Å². The summed E-state index contributed by atoms with van der Waals surface area (Å²) in [6.07, 6.45) is 0. The molecule has 0 aliphatic rings. The van der Waals surface area contributed by atoms with E-state index in [1.54, 1.807) is 42.5 Å². The average Bonchev–Trinajstić information content (AvgIpc) is 2.47. The molecule has 0 saturated carbocycles. The second-order valence-corrected chi connectivity index (χ2v) is 7.05. The van der Waals surface area contributed by atoms with Crippen LogP contribution in [0.2, 0.25) is 0 Å². The van der Waals surface area contributed by atoms with Crippen molar-refractivity contribution in [3.8, 4) is 0 Å². The van der Waals surface area contributed by atoms with Crippen molar-refractivity contribution in [1.82, 2.24) is 0 Å². The van der Waals surface area contributed by atoms with Crippen LogP contribution in [0.15, 0.2) is 73.2 Å². The number of hydrogen-bond donors (Lipinski definition) is 1. The molecule has 5 nitrogen and oxygen atoms in total. The molecule has 0 aliphatic heterocycles. The van der Waals surface area contributed by atoms with E-state index in [4.69, 9.17) is 4.42 Å². The lowest BCUT2D eigenvalue weighted by Gasteiger charge is -2.10. The minimum absolute atomic E-state index is 0.148. The minimum Gasteiger partial charge on any atom is -0.423 e. The van der Waals surface area contributed by atoms with Crippen molar-refractivity contribution >= 4 is 42.6 Å². The molecule has 7 heteroatoms. The van der Waals surface area contributed by atoms with E-state index in [1.807, 2.05) is 0 Å². The van der Waals surface area contributed by atoms with Gasteiger partial charge in [0, 0.05) is 21.6 Å². The molecule has 0 aliphatic carbocycles. The third-order valence-corrected chi connectivity index (χ3v) is 5.39. The van der Waals surface area contributed by atoms with Gasteiger partial charge < -0.3 is 4.42 Å². The Morgan fingerprint density at radius 2 is 1.77 bits per heavy atom. The first kappa shape index (κ1) is 14.8. The summed E-state index contributed by atoms with van der Waals surface area (Å²) in [4.78, 5) is 11.3. The van der Waals surface area contributed by atoms with Crippen molar-refractivity contribution in [2.45, 2.75) is 4.90 Å². The van der Waals surface area contributed by atoms with Gasteiger partial charge in [-0.15, -0.1) is 0 Å². The van der Waals surface area contributed by atoms with Crippen LogP contribution in [0, 0.1) is 0 Å². The number of anilines is 1. The van der Waals surface area contributed by atoms with E-state index in [9.17, 15) is 13.2 Å². The summed E-state index contributed by atoms with van der Waals surface area (Å²) in [5, 5.41) is 0.631. The number of halogens is 1. The molecular formula is C15H10BrNO4S. The van der Waals surface area contributed by atoms with Crippen LogP contribution < -0.4 is 10.3 Å². The second kappa shape index (κ2) is 5.58. The van der Waals surface area contributed by atoms with Crippen molar-refractivity contribution in [3.63, 3.8) is 0 Å². The van der Waals surface area contributed by atoms with Gasteiger partial charge in [-0.25, -0.2) is 13.2 Å². The predicted octanol–water partition coefficient (Wildman–Crippen LogP) is 3.36. The quantitative estimate of drug-likeness (QED) is 0.707. The largest absolute Gasteiger partial charge is 0.423 e. The second-order valence-electron chi connectivity index (χ2n) is 4.54. The fourth-order valence-electron chi connectivity index (χ4n) is 2.01. The number of sulfonamides is 1. The van der Waals surface area contributed by atoms with Crippen LogP contribution in [0.3, 0.4) is 0 Å². The number of fused-ring (bicyclic) bond motifs is 1. The first-order valence-electron chi connectivity index (χ1n) is 6.27. The molecule has 2 aromatic carbocycles. The Hall–Kier alpha value is -2.12. The Bertz CT molecular complexity index is 1010. The summed E-state index contributed by atoms with van der Waals surface area (Å²) in [6.45, 7) is 0. The van der Waals surface area contributed by atoms with Crippen molar-refractivity contribution in [1.29, 1.82) is 0 Å². The van der Waals surface area contributed by atoms with E-state index in [0.717, 1.165) is 0 Å². The van der Waals surface area contributed by atoms with Crippen LogP contribution in [0.1, 0.15) is 0 Å². The molecule has 0 spiro atoms. The summed E-state index contributed by atoms with van der Waals surface area (Å²) in [7, 11) is -3.71. The normalized spacial score (nSPS) is 11.5. The number of rotatable bonds is 3. The molecule has 0 amide bonds. The lowest BCUT2D eigenvalue weighted by Crippen LogP contribution is -2.13. The lowest BCUT2D eigenvalue weighted by molar-refractivity contribution is 0.561. The van der Waals surface area contributed by atoms with Crippen LogP contribution in [0.25, 0.3) is 11.0 Å². The zero-order valence-corrected chi connectivity index (χ0v) is 13.5. The van der Waals surface area contributed by atoms with Crippen LogP contribution in [-0.4, -0.2) is 8.42 Å². The number of hydrogen-bond acceptors (Lipinski definition) is 4. The SMILES string of the molecule is O=c1ccc2cc(NS(=O)(=O)c3ccccc3Br)ccc2o1. The molecular weight excluding hydrogens is 370 g/mol. The minimum atomic E-state index is -3.71. The monoisotopic (exact) mass is 379 g/mol. The summed E-state index contributed by atoms with van der Waals surface area (Å²) >= 11 is 3.22. The molecule has 3 aromatic rings. The average molecular weight is 380 g/mol. The van der Waals surface area contributed by atoms with E-state index in [1.165, 1.54) is 12.1 Å². The first-order valence-corrected chi connectivity index (χ1v) is 8.55. The highest BCUT2D eigenvalue weighted by atomic mass is 79.9. The van der Waals surface area contributed by atoms with Gasteiger partial charge in [-0.2, -0.15) is 0 Å². The molecule has 0 bridgehead atoms. The molecule has 1 aromatic heterocycles. The van der Waals surface area contributed by atoms with Crippen molar-refractivity contribution in [2.24, 2.45) is 0 Å². The van der Waals surface area contributed by atoms with Crippen molar-refractivity contribution in [3.05, 3.63) is 69.5 Å². The summed E-state index contributed by atoms with van der Waals surface area (Å²) in [6, 6.07) is 14.1. The van der Waals surface area contributed by atoms with Crippen LogP contribution >= 0.6 is 15.9 Å². The predicted molar refractivity (Wildman–Crippen MR) is 87.4 cm³/mol. The Morgan fingerprint density at radius 1 is 1.00 bits per heavy atom. The van der Waals surface area contributed by atoms with Gasteiger partial charge in [0.25, 0.3) is 10.0 Å². The van der Waals surface area contributed by atoms with Gasteiger partial charge in [0.05, 0.1) is 0 Å². The molecule has 0 saturated heterocycles. The van der Waals surface area contributed by atoms with Gasteiger partial charge in [-0.05, 0) is 52.3 Å². The van der Waals surface area contributed by atoms with Crippen LogP contribution in [-0.2, 0) is 10.0 Å². The summed E-state index contributed by atoms with van der Waals surface area (Å²) < 4.78 is 32.8. The highest BCUT2D eigenvalue weighted by Gasteiger charge is 2.17. The van der Waals surface area contributed by atoms with Crippen LogP contribution in [0.5, 0.6) is 0 Å². The topological polar surface area (TPSA) is 76.4 Å². The molecule has 1 N–H and O–H groups in total. The van der Waals surface area contributed by atoms with E-state index in [-0.39, 0.29) is 4.90 Å². The zero-order chi connectivity index (χ0) is 15.7. The maximum Gasteiger partial charge on any atom is 0.336 e. The molecule has 3 rings (SSSR count). The van der Waals surface area contributed by atoms with E-state index in [2.05, 4.69) is 20.7 Å². The van der Waals surface area contributed by atoms with Gasteiger partial charge >= 0.3 is 5.63 Å². The molecule has 0 fully saturated rings. The van der Waals surface area contributed by atoms with Gasteiger partial charge in [0.2, 0.25) is 0 Å². The fraction of sp³-hybridized carbons (Fsp3) is 0. The molecule has 0 atom stereocenters. The van der Waals surface area contributed by atoms with Crippen LogP contribution in [0.4, 0.5) is 5.69 Å². The van der Waals surface area contributed by atoms with E-state index < -0.39 is 15.6 Å².